The molecule has 2 atom stereocenters. The summed E-state index contributed by atoms with van der Waals surface area (Å²) in [6, 6.07) is 0.179. The third kappa shape index (κ3) is 5.69. The second-order valence-electron chi connectivity index (χ2n) is 5.23. The van der Waals surface area contributed by atoms with E-state index in [-0.39, 0.29) is 18.5 Å². The van der Waals surface area contributed by atoms with Gasteiger partial charge in [-0.05, 0) is 19.8 Å². The van der Waals surface area contributed by atoms with Crippen molar-refractivity contribution in [2.24, 2.45) is 0 Å². The first-order chi connectivity index (χ1) is 9.56. The number of hydrogen-bond acceptors (Lipinski definition) is 4. The molecule has 1 aromatic rings. The molecule has 6 heteroatoms. The van der Waals surface area contributed by atoms with Crippen molar-refractivity contribution in [3.8, 4) is 0 Å². The van der Waals surface area contributed by atoms with Crippen LogP contribution in [0.1, 0.15) is 64.7 Å². The minimum atomic E-state index is -0.611. The van der Waals surface area contributed by atoms with E-state index in [1.165, 1.54) is 17.5 Å². The van der Waals surface area contributed by atoms with Crippen molar-refractivity contribution in [3.05, 3.63) is 11.9 Å². The number of unbranched alkanes of at least 4 members (excludes halogenated alkanes) is 2. The second-order valence-corrected chi connectivity index (χ2v) is 5.23. The Morgan fingerprint density at radius 1 is 1.45 bits per heavy atom. The van der Waals surface area contributed by atoms with Crippen molar-refractivity contribution in [1.29, 1.82) is 0 Å². The lowest BCUT2D eigenvalue weighted by molar-refractivity contribution is -0.122. The van der Waals surface area contributed by atoms with Crippen LogP contribution in [0.25, 0.3) is 0 Å². The molecule has 1 amide bonds. The Labute approximate surface area is 120 Å². The highest BCUT2D eigenvalue weighted by molar-refractivity contribution is 5.75. The zero-order chi connectivity index (χ0) is 15.0. The first-order valence-corrected chi connectivity index (χ1v) is 7.44. The topological polar surface area (TPSA) is 80.0 Å². The van der Waals surface area contributed by atoms with Gasteiger partial charge in [-0.15, -0.1) is 5.10 Å². The molecule has 20 heavy (non-hydrogen) atoms. The number of aliphatic hydroxyl groups is 1. The monoisotopic (exact) mass is 282 g/mol. The molecule has 2 N–H and O–H groups in total. The highest BCUT2D eigenvalue weighted by atomic mass is 16.3. The number of carbonyl (C=O) groups excluding carboxylic acids is 1. The lowest BCUT2D eigenvalue weighted by Gasteiger charge is -2.13. The number of hydrogen-bond donors (Lipinski definition) is 2. The van der Waals surface area contributed by atoms with Gasteiger partial charge >= 0.3 is 0 Å². The molecular weight excluding hydrogens is 256 g/mol. The number of carbonyl (C=O) groups is 1. The Hall–Kier alpha value is -1.43. The summed E-state index contributed by atoms with van der Waals surface area (Å²) in [5, 5.41) is 20.3. The standard InChI is InChI=1S/C14H26N4O2/c1-4-6-7-8-11(3)15-14(20)10-18-9-12(16-17-18)13(19)5-2/h9,11,13,19H,4-8,10H2,1-3H3,(H,15,20). The summed E-state index contributed by atoms with van der Waals surface area (Å²) in [7, 11) is 0. The molecule has 6 nitrogen and oxygen atoms in total. The summed E-state index contributed by atoms with van der Waals surface area (Å²) in [5.41, 5.74) is 0.510. The van der Waals surface area contributed by atoms with E-state index in [0.29, 0.717) is 12.1 Å². The van der Waals surface area contributed by atoms with Crippen molar-refractivity contribution < 1.29 is 9.90 Å². The van der Waals surface area contributed by atoms with Crippen LogP contribution in [0.4, 0.5) is 0 Å². The van der Waals surface area contributed by atoms with Crippen molar-refractivity contribution in [3.63, 3.8) is 0 Å². The minimum absolute atomic E-state index is 0.0727. The van der Waals surface area contributed by atoms with Gasteiger partial charge in [0.2, 0.25) is 5.91 Å². The van der Waals surface area contributed by atoms with Gasteiger partial charge in [0.05, 0.1) is 12.3 Å². The molecule has 0 saturated carbocycles. The third-order valence-corrected chi connectivity index (χ3v) is 3.24. The molecule has 1 heterocycles. The van der Waals surface area contributed by atoms with Crippen LogP contribution >= 0.6 is 0 Å². The molecule has 0 aliphatic carbocycles. The number of aromatic nitrogens is 3. The number of aliphatic hydroxyl groups excluding tert-OH is 1. The normalized spacial score (nSPS) is 14.0. The predicted molar refractivity (Wildman–Crippen MR) is 77.0 cm³/mol. The SMILES string of the molecule is CCCCCC(C)NC(=O)Cn1cc(C(O)CC)nn1. The summed E-state index contributed by atoms with van der Waals surface area (Å²) in [4.78, 5) is 11.8. The van der Waals surface area contributed by atoms with Crippen LogP contribution in [-0.2, 0) is 11.3 Å². The maximum atomic E-state index is 11.8. The van der Waals surface area contributed by atoms with Gasteiger partial charge in [-0.2, -0.15) is 0 Å². The quantitative estimate of drug-likeness (QED) is 0.677. The van der Waals surface area contributed by atoms with E-state index in [1.54, 1.807) is 6.20 Å². The molecule has 0 aliphatic heterocycles. The number of nitrogens with zero attached hydrogens (tertiary/aromatic N) is 3. The molecule has 2 unspecified atom stereocenters. The van der Waals surface area contributed by atoms with E-state index >= 15 is 0 Å². The molecule has 0 aliphatic rings. The van der Waals surface area contributed by atoms with Crippen LogP contribution in [0, 0.1) is 0 Å². The first kappa shape index (κ1) is 16.6. The molecule has 114 valence electrons. The van der Waals surface area contributed by atoms with Gasteiger partial charge in [0.15, 0.2) is 0 Å². The van der Waals surface area contributed by atoms with Crippen molar-refractivity contribution in [2.75, 3.05) is 0 Å². The number of nitrogens with one attached hydrogen (secondary N) is 1. The van der Waals surface area contributed by atoms with Crippen LogP contribution in [-0.4, -0.2) is 32.0 Å². The maximum absolute atomic E-state index is 11.8. The van der Waals surface area contributed by atoms with Gasteiger partial charge in [0.1, 0.15) is 12.2 Å². The zero-order valence-electron chi connectivity index (χ0n) is 12.7. The van der Waals surface area contributed by atoms with Crippen LogP contribution in [0.5, 0.6) is 0 Å². The largest absolute Gasteiger partial charge is 0.387 e. The van der Waals surface area contributed by atoms with Gasteiger partial charge < -0.3 is 10.4 Å². The van der Waals surface area contributed by atoms with Gasteiger partial charge in [0.25, 0.3) is 0 Å². The van der Waals surface area contributed by atoms with E-state index in [2.05, 4.69) is 22.6 Å². The summed E-state index contributed by atoms with van der Waals surface area (Å²) >= 11 is 0. The summed E-state index contributed by atoms with van der Waals surface area (Å²) in [6.45, 7) is 6.19. The van der Waals surface area contributed by atoms with Gasteiger partial charge in [-0.25, -0.2) is 4.68 Å². The maximum Gasteiger partial charge on any atom is 0.242 e. The van der Waals surface area contributed by atoms with Crippen molar-refractivity contribution >= 4 is 5.91 Å². The Kier molecular flexibility index (Phi) is 7.22. The fourth-order valence-corrected chi connectivity index (χ4v) is 1.99. The number of amides is 1. The molecule has 0 aromatic carbocycles. The molecule has 0 spiro atoms. The van der Waals surface area contributed by atoms with Crippen LogP contribution in [0.15, 0.2) is 6.20 Å². The van der Waals surface area contributed by atoms with Crippen molar-refractivity contribution in [1.82, 2.24) is 20.3 Å². The predicted octanol–water partition coefficient (Wildman–Crippen LogP) is 1.81. The zero-order valence-corrected chi connectivity index (χ0v) is 12.7. The van der Waals surface area contributed by atoms with E-state index in [4.69, 9.17) is 0 Å². The molecule has 0 fully saturated rings. The lowest BCUT2D eigenvalue weighted by atomic mass is 10.1. The van der Waals surface area contributed by atoms with Gasteiger partial charge in [-0.1, -0.05) is 38.3 Å². The van der Waals surface area contributed by atoms with Crippen LogP contribution in [0.2, 0.25) is 0 Å². The van der Waals surface area contributed by atoms with Gasteiger partial charge in [0, 0.05) is 6.04 Å². The summed E-state index contributed by atoms with van der Waals surface area (Å²) in [5.74, 6) is -0.0727. The van der Waals surface area contributed by atoms with E-state index < -0.39 is 6.10 Å². The molecule has 0 radical (unpaired) electrons. The fourth-order valence-electron chi connectivity index (χ4n) is 1.99. The van der Waals surface area contributed by atoms with Crippen molar-refractivity contribution in [2.45, 2.75) is 71.6 Å². The highest BCUT2D eigenvalue weighted by Gasteiger charge is 2.12. The first-order valence-electron chi connectivity index (χ1n) is 7.44. The fraction of sp³-hybridized carbons (Fsp3) is 0.786. The average molecular weight is 282 g/mol. The van der Waals surface area contributed by atoms with E-state index in [1.807, 2.05) is 13.8 Å². The van der Waals surface area contributed by atoms with E-state index in [0.717, 1.165) is 12.8 Å². The average Bonchev–Trinajstić information content (AvgIpc) is 2.86. The molecule has 1 rings (SSSR count). The Morgan fingerprint density at radius 2 is 2.20 bits per heavy atom. The molecular formula is C14H26N4O2. The van der Waals surface area contributed by atoms with Crippen LogP contribution < -0.4 is 5.32 Å². The van der Waals surface area contributed by atoms with E-state index in [9.17, 15) is 9.90 Å². The summed E-state index contributed by atoms with van der Waals surface area (Å²) < 4.78 is 1.46. The summed E-state index contributed by atoms with van der Waals surface area (Å²) in [6.07, 6.45) is 6.10. The molecule has 0 saturated heterocycles. The molecule has 1 aromatic heterocycles. The Bertz CT molecular complexity index is 406. The minimum Gasteiger partial charge on any atom is -0.387 e. The number of rotatable bonds is 9. The van der Waals surface area contributed by atoms with Crippen LogP contribution in [0.3, 0.4) is 0 Å². The second kappa shape index (κ2) is 8.68. The third-order valence-electron chi connectivity index (χ3n) is 3.24. The lowest BCUT2D eigenvalue weighted by Crippen LogP contribution is -2.35. The van der Waals surface area contributed by atoms with Gasteiger partial charge in [-0.3, -0.25) is 4.79 Å². The smallest absolute Gasteiger partial charge is 0.242 e. The Balaban J connectivity index is 2.36. The Morgan fingerprint density at radius 3 is 2.85 bits per heavy atom. The molecule has 0 bridgehead atoms. The highest BCUT2D eigenvalue weighted by Crippen LogP contribution is 2.11.